The van der Waals surface area contributed by atoms with E-state index in [4.69, 9.17) is 10.9 Å². The summed E-state index contributed by atoms with van der Waals surface area (Å²) in [7, 11) is -2.12. The lowest BCUT2D eigenvalue weighted by Crippen LogP contribution is -2.04. The molecule has 1 aliphatic rings. The maximum absolute atomic E-state index is 9.43. The SMILES string of the molecule is C#CC1=CCC[P+](C)(O)O1. The van der Waals surface area contributed by atoms with Crippen molar-refractivity contribution in [3.8, 4) is 12.3 Å². The summed E-state index contributed by atoms with van der Waals surface area (Å²) in [4.78, 5) is 9.43. The van der Waals surface area contributed by atoms with Gasteiger partial charge in [-0.3, -0.25) is 0 Å². The zero-order valence-corrected chi connectivity index (χ0v) is 6.77. The van der Waals surface area contributed by atoms with Crippen molar-refractivity contribution in [2.24, 2.45) is 0 Å². The fourth-order valence-electron chi connectivity index (χ4n) is 0.815. The average molecular weight is 157 g/mol. The molecule has 1 aliphatic heterocycles. The lowest BCUT2D eigenvalue weighted by atomic mass is 10.4. The maximum Gasteiger partial charge on any atom is 0.314 e. The van der Waals surface area contributed by atoms with Gasteiger partial charge in [-0.1, -0.05) is 0 Å². The van der Waals surface area contributed by atoms with E-state index < -0.39 is 7.72 Å². The molecule has 0 bridgehead atoms. The molecule has 1 heterocycles. The van der Waals surface area contributed by atoms with Crippen molar-refractivity contribution in [3.63, 3.8) is 0 Å². The number of allylic oxidation sites excluding steroid dienone is 2. The van der Waals surface area contributed by atoms with Crippen LogP contribution in [0.3, 0.4) is 0 Å². The molecule has 0 spiro atoms. The van der Waals surface area contributed by atoms with Crippen LogP contribution >= 0.6 is 7.72 Å². The molecule has 1 atom stereocenters. The number of hydrogen-bond donors (Lipinski definition) is 1. The first-order chi connectivity index (χ1) is 4.64. The Morgan fingerprint density at radius 2 is 2.60 bits per heavy atom. The molecule has 0 amide bonds. The summed E-state index contributed by atoms with van der Waals surface area (Å²) < 4.78 is 5.11. The van der Waals surface area contributed by atoms with E-state index in [0.29, 0.717) is 5.76 Å². The van der Waals surface area contributed by atoms with Gasteiger partial charge in [0.1, 0.15) is 12.8 Å². The summed E-state index contributed by atoms with van der Waals surface area (Å²) in [5.74, 6) is 2.86. The maximum atomic E-state index is 9.43. The van der Waals surface area contributed by atoms with Crippen LogP contribution in [0.4, 0.5) is 0 Å². The van der Waals surface area contributed by atoms with Crippen LogP contribution in [0.1, 0.15) is 6.42 Å². The van der Waals surface area contributed by atoms with Crippen LogP contribution in [0.15, 0.2) is 11.8 Å². The average Bonchev–Trinajstić information content (AvgIpc) is 1.86. The number of rotatable bonds is 0. The molecule has 1 rings (SSSR count). The Hall–Kier alpha value is -0.510. The van der Waals surface area contributed by atoms with E-state index in [1.807, 2.05) is 6.08 Å². The second kappa shape index (κ2) is 2.62. The molecule has 0 aliphatic carbocycles. The van der Waals surface area contributed by atoms with Gasteiger partial charge < -0.3 is 4.52 Å². The first-order valence-electron chi connectivity index (χ1n) is 3.09. The van der Waals surface area contributed by atoms with Crippen LogP contribution in [0, 0.1) is 12.3 Å². The monoisotopic (exact) mass is 157 g/mol. The minimum Gasteiger partial charge on any atom is -0.312 e. The molecule has 0 aromatic rings. The van der Waals surface area contributed by atoms with Crippen molar-refractivity contribution in [2.75, 3.05) is 12.8 Å². The van der Waals surface area contributed by atoms with E-state index in [9.17, 15) is 4.89 Å². The van der Waals surface area contributed by atoms with Crippen LogP contribution in [0.5, 0.6) is 0 Å². The molecule has 1 unspecified atom stereocenters. The van der Waals surface area contributed by atoms with Gasteiger partial charge >= 0.3 is 7.72 Å². The zero-order valence-electron chi connectivity index (χ0n) is 5.87. The van der Waals surface area contributed by atoms with E-state index in [-0.39, 0.29) is 0 Å². The fourth-order valence-corrected chi connectivity index (χ4v) is 2.07. The molecule has 0 saturated carbocycles. The topological polar surface area (TPSA) is 29.5 Å². The van der Waals surface area contributed by atoms with E-state index >= 15 is 0 Å². The normalized spacial score (nSPS) is 31.9. The molecular weight excluding hydrogens is 147 g/mol. The standard InChI is InChI=1S/C7H10O2P/c1-3-7-5-4-6-10(2,8)9-7/h1,5,8H,4,6H2,2H3/q+1. The first kappa shape index (κ1) is 7.60. The van der Waals surface area contributed by atoms with Crippen LogP contribution in [-0.4, -0.2) is 17.7 Å². The molecular formula is C7H10O2P+. The molecule has 2 nitrogen and oxygen atoms in total. The van der Waals surface area contributed by atoms with Crippen molar-refractivity contribution in [1.29, 1.82) is 0 Å². The Bertz CT molecular complexity index is 200. The van der Waals surface area contributed by atoms with Gasteiger partial charge in [0.2, 0.25) is 5.76 Å². The van der Waals surface area contributed by atoms with Crippen molar-refractivity contribution in [1.82, 2.24) is 0 Å². The summed E-state index contributed by atoms with van der Waals surface area (Å²) in [6, 6.07) is 0. The molecule has 0 aromatic carbocycles. The first-order valence-corrected chi connectivity index (χ1v) is 5.38. The highest BCUT2D eigenvalue weighted by molar-refractivity contribution is 7.64. The van der Waals surface area contributed by atoms with Gasteiger partial charge in [-0.05, 0) is 12.0 Å². The molecule has 0 aromatic heterocycles. The Labute approximate surface area is 61.4 Å². The summed E-state index contributed by atoms with van der Waals surface area (Å²) in [6.07, 6.45) is 8.47. The molecule has 1 N–H and O–H groups in total. The third-order valence-electron chi connectivity index (χ3n) is 1.31. The zero-order chi connectivity index (χ0) is 7.61. The number of terminal acetylenes is 1. The van der Waals surface area contributed by atoms with Crippen molar-refractivity contribution in [3.05, 3.63) is 11.8 Å². The Balaban J connectivity index is 2.68. The Kier molecular flexibility index (Phi) is 1.99. The Morgan fingerprint density at radius 3 is 3.00 bits per heavy atom. The van der Waals surface area contributed by atoms with Gasteiger partial charge in [-0.15, -0.1) is 6.42 Å². The summed E-state index contributed by atoms with van der Waals surface area (Å²) in [5, 5.41) is 0. The fraction of sp³-hybridized carbons (Fsp3) is 0.429. The summed E-state index contributed by atoms with van der Waals surface area (Å²) >= 11 is 0. The van der Waals surface area contributed by atoms with Gasteiger partial charge in [-0.2, -0.15) is 0 Å². The van der Waals surface area contributed by atoms with Crippen LogP contribution < -0.4 is 0 Å². The second-order valence-electron chi connectivity index (χ2n) is 2.37. The smallest absolute Gasteiger partial charge is 0.312 e. The van der Waals surface area contributed by atoms with Gasteiger partial charge in [0, 0.05) is 6.42 Å². The van der Waals surface area contributed by atoms with Gasteiger partial charge in [0.25, 0.3) is 0 Å². The highest BCUT2D eigenvalue weighted by atomic mass is 31.2. The van der Waals surface area contributed by atoms with Gasteiger partial charge in [-0.25, -0.2) is 4.89 Å². The van der Waals surface area contributed by atoms with E-state index in [1.54, 1.807) is 6.66 Å². The molecule has 0 saturated heterocycles. The minimum absolute atomic E-state index is 0.490. The van der Waals surface area contributed by atoms with Gasteiger partial charge in [0.05, 0.1) is 0 Å². The van der Waals surface area contributed by atoms with E-state index in [2.05, 4.69) is 5.92 Å². The molecule has 0 radical (unpaired) electrons. The molecule has 3 heteroatoms. The van der Waals surface area contributed by atoms with E-state index in [1.165, 1.54) is 0 Å². The largest absolute Gasteiger partial charge is 0.314 e. The Morgan fingerprint density at radius 1 is 1.90 bits per heavy atom. The highest BCUT2D eigenvalue weighted by Crippen LogP contribution is 2.56. The number of hydrogen-bond acceptors (Lipinski definition) is 2. The predicted molar refractivity (Wildman–Crippen MR) is 42.5 cm³/mol. The lowest BCUT2D eigenvalue weighted by molar-refractivity contribution is 0.386. The van der Waals surface area contributed by atoms with Crippen LogP contribution in [0.25, 0.3) is 0 Å². The van der Waals surface area contributed by atoms with Crippen LogP contribution in [-0.2, 0) is 4.52 Å². The molecule has 54 valence electrons. The third-order valence-corrected chi connectivity index (χ3v) is 2.99. The third kappa shape index (κ3) is 1.73. The highest BCUT2D eigenvalue weighted by Gasteiger charge is 2.34. The quantitative estimate of drug-likeness (QED) is 0.425. The van der Waals surface area contributed by atoms with Crippen molar-refractivity contribution < 1.29 is 9.42 Å². The predicted octanol–water partition coefficient (Wildman–Crippen LogP) is 1.39. The summed E-state index contributed by atoms with van der Waals surface area (Å²) in [5.41, 5.74) is 0. The minimum atomic E-state index is -2.12. The molecule has 10 heavy (non-hydrogen) atoms. The van der Waals surface area contributed by atoms with Crippen molar-refractivity contribution >= 4 is 7.72 Å². The summed E-state index contributed by atoms with van der Waals surface area (Å²) in [6.45, 7) is 1.72. The lowest BCUT2D eigenvalue weighted by Gasteiger charge is -2.17. The van der Waals surface area contributed by atoms with Crippen molar-refractivity contribution in [2.45, 2.75) is 6.42 Å². The van der Waals surface area contributed by atoms with E-state index in [0.717, 1.165) is 12.6 Å². The molecule has 0 fully saturated rings. The second-order valence-corrected chi connectivity index (χ2v) is 5.10. The van der Waals surface area contributed by atoms with Crippen LogP contribution in [0.2, 0.25) is 0 Å². The van der Waals surface area contributed by atoms with Gasteiger partial charge in [0.15, 0.2) is 0 Å².